The van der Waals surface area contributed by atoms with Crippen LogP contribution in [0.3, 0.4) is 0 Å². The molecule has 0 saturated heterocycles. The van der Waals surface area contributed by atoms with E-state index in [1.165, 1.54) is 77.0 Å². The van der Waals surface area contributed by atoms with Crippen LogP contribution in [0.1, 0.15) is 117 Å². The maximum Gasteiger partial charge on any atom is 2.00 e. The first-order valence-electron chi connectivity index (χ1n) is 9.94. The third-order valence-corrected chi connectivity index (χ3v) is 3.91. The SMILES string of the molecule is C1CCCCC1.C1CCCCC1.CCCC(=O)[O-].CCCC(=O)[O-].[Zn+2]. The number of carboxylic acids is 2. The van der Waals surface area contributed by atoms with Gasteiger partial charge in [0, 0.05) is 11.9 Å². The fourth-order valence-corrected chi connectivity index (χ4v) is 2.53. The van der Waals surface area contributed by atoms with E-state index in [4.69, 9.17) is 0 Å². The molecule has 2 rings (SSSR count). The van der Waals surface area contributed by atoms with Gasteiger partial charge in [-0.15, -0.1) is 0 Å². The van der Waals surface area contributed by atoms with Crippen LogP contribution in [0.2, 0.25) is 0 Å². The molecule has 0 aromatic rings. The molecule has 144 valence electrons. The molecule has 0 radical (unpaired) electrons. The van der Waals surface area contributed by atoms with Gasteiger partial charge in [0.05, 0.1) is 0 Å². The third-order valence-electron chi connectivity index (χ3n) is 3.91. The van der Waals surface area contributed by atoms with Crippen molar-refractivity contribution < 1.29 is 39.3 Å². The molecule has 0 N–H and O–H groups in total. The molecule has 0 bridgehead atoms. The zero-order valence-corrected chi connectivity index (χ0v) is 19.6. The fraction of sp³-hybridized carbons (Fsp3) is 0.900. The number of carbonyl (C=O) groups is 2. The van der Waals surface area contributed by atoms with E-state index in [0.29, 0.717) is 12.8 Å². The van der Waals surface area contributed by atoms with Gasteiger partial charge in [-0.3, -0.25) is 0 Å². The summed E-state index contributed by atoms with van der Waals surface area (Å²) in [7, 11) is 0. The number of hydrogen-bond donors (Lipinski definition) is 0. The van der Waals surface area contributed by atoms with Crippen molar-refractivity contribution in [3.63, 3.8) is 0 Å². The molecule has 0 aromatic carbocycles. The summed E-state index contributed by atoms with van der Waals surface area (Å²) in [6, 6.07) is 0. The molecule has 25 heavy (non-hydrogen) atoms. The maximum atomic E-state index is 9.49. The molecule has 2 aliphatic carbocycles. The zero-order chi connectivity index (χ0) is 18.5. The minimum atomic E-state index is -0.961. The molecule has 0 aliphatic heterocycles. The number of carbonyl (C=O) groups excluding carboxylic acids is 2. The molecular weight excluding hydrogens is 370 g/mol. The molecule has 5 heteroatoms. The summed E-state index contributed by atoms with van der Waals surface area (Å²) >= 11 is 0. The first-order valence-corrected chi connectivity index (χ1v) is 9.94. The Hall–Kier alpha value is -0.437. The molecule has 2 saturated carbocycles. The first-order chi connectivity index (χ1) is 11.5. The average Bonchev–Trinajstić information content (AvgIpc) is 2.59. The second kappa shape index (κ2) is 25.8. The number of carboxylic acid groups (broad SMARTS) is 2. The standard InChI is InChI=1S/2C6H12.2C4H8O2.Zn/c2*1-2-4-6-5-3-1;2*1-2-3-4(5)6;/h2*1-6H2;2*2-3H2,1H3,(H,5,6);/q;;;;+2/p-2. The maximum absolute atomic E-state index is 9.49. The van der Waals surface area contributed by atoms with Crippen molar-refractivity contribution in [1.29, 1.82) is 0 Å². The van der Waals surface area contributed by atoms with Crippen molar-refractivity contribution in [2.45, 2.75) is 117 Å². The predicted molar refractivity (Wildman–Crippen MR) is 95.2 cm³/mol. The smallest absolute Gasteiger partial charge is 0.550 e. The monoisotopic (exact) mass is 406 g/mol. The average molecular weight is 408 g/mol. The summed E-state index contributed by atoms with van der Waals surface area (Å²) in [5.41, 5.74) is 0. The van der Waals surface area contributed by atoms with Gasteiger partial charge in [0.2, 0.25) is 0 Å². The summed E-state index contributed by atoms with van der Waals surface area (Å²) in [6.45, 7) is 3.60. The molecule has 0 atom stereocenters. The molecule has 0 heterocycles. The van der Waals surface area contributed by atoms with Gasteiger partial charge in [-0.25, -0.2) is 0 Å². The van der Waals surface area contributed by atoms with Crippen LogP contribution in [0.15, 0.2) is 0 Å². The van der Waals surface area contributed by atoms with Crippen molar-refractivity contribution >= 4 is 11.9 Å². The van der Waals surface area contributed by atoms with Crippen LogP contribution >= 0.6 is 0 Å². The Balaban J connectivity index is -0.000000255. The van der Waals surface area contributed by atoms with Crippen LogP contribution in [0.5, 0.6) is 0 Å². The Morgan fingerprint density at radius 2 is 0.720 bits per heavy atom. The summed E-state index contributed by atoms with van der Waals surface area (Å²) in [5, 5.41) is 19.0. The molecular formula is C20H38O4Zn. The summed E-state index contributed by atoms with van der Waals surface area (Å²) < 4.78 is 0. The number of aliphatic carboxylic acids is 2. The van der Waals surface area contributed by atoms with E-state index in [2.05, 4.69) is 0 Å². The van der Waals surface area contributed by atoms with Gasteiger partial charge in [0.25, 0.3) is 0 Å². The molecule has 0 amide bonds. The largest absolute Gasteiger partial charge is 2.00 e. The van der Waals surface area contributed by atoms with Crippen LogP contribution in [0.4, 0.5) is 0 Å². The quantitative estimate of drug-likeness (QED) is 0.664. The number of hydrogen-bond acceptors (Lipinski definition) is 4. The summed E-state index contributed by atoms with van der Waals surface area (Å²) in [4.78, 5) is 19.0. The van der Waals surface area contributed by atoms with E-state index in [0.717, 1.165) is 0 Å². The van der Waals surface area contributed by atoms with Gasteiger partial charge in [-0.1, -0.05) is 104 Å². The van der Waals surface area contributed by atoms with Crippen molar-refractivity contribution in [2.75, 3.05) is 0 Å². The van der Waals surface area contributed by atoms with Crippen molar-refractivity contribution in [3.05, 3.63) is 0 Å². The summed E-state index contributed by atoms with van der Waals surface area (Å²) in [6.07, 6.45) is 19.7. The second-order valence-electron chi connectivity index (χ2n) is 6.49. The second-order valence-corrected chi connectivity index (χ2v) is 6.49. The fourth-order valence-electron chi connectivity index (χ4n) is 2.53. The van der Waals surface area contributed by atoms with Crippen molar-refractivity contribution in [3.8, 4) is 0 Å². The van der Waals surface area contributed by atoms with E-state index in [1.807, 2.05) is 0 Å². The summed E-state index contributed by atoms with van der Waals surface area (Å²) in [5.74, 6) is -1.92. The predicted octanol–water partition coefficient (Wildman–Crippen LogP) is 3.75. The molecule has 2 aliphatic rings. The van der Waals surface area contributed by atoms with Crippen molar-refractivity contribution in [1.82, 2.24) is 0 Å². The van der Waals surface area contributed by atoms with Gasteiger partial charge < -0.3 is 19.8 Å². The minimum Gasteiger partial charge on any atom is -0.550 e. The molecule has 0 unspecified atom stereocenters. The normalized spacial score (nSPS) is 15.4. The Morgan fingerprint density at radius 1 is 0.560 bits per heavy atom. The van der Waals surface area contributed by atoms with E-state index >= 15 is 0 Å². The Bertz CT molecular complexity index is 224. The topological polar surface area (TPSA) is 80.3 Å². The number of rotatable bonds is 4. The van der Waals surface area contributed by atoms with Crippen LogP contribution < -0.4 is 10.2 Å². The molecule has 2 fully saturated rings. The minimum absolute atomic E-state index is 0. The molecule has 0 aromatic heterocycles. The van der Waals surface area contributed by atoms with Gasteiger partial charge in [-0.05, 0) is 12.8 Å². The van der Waals surface area contributed by atoms with Crippen LogP contribution in [0.25, 0.3) is 0 Å². The van der Waals surface area contributed by atoms with Gasteiger partial charge in [0.1, 0.15) is 0 Å². The van der Waals surface area contributed by atoms with E-state index in [-0.39, 0.29) is 32.3 Å². The van der Waals surface area contributed by atoms with Crippen LogP contribution in [0, 0.1) is 0 Å². The molecule has 0 spiro atoms. The van der Waals surface area contributed by atoms with Crippen molar-refractivity contribution in [2.24, 2.45) is 0 Å². The van der Waals surface area contributed by atoms with E-state index in [1.54, 1.807) is 13.8 Å². The van der Waals surface area contributed by atoms with Crippen LogP contribution in [-0.2, 0) is 29.1 Å². The molecule has 4 nitrogen and oxygen atoms in total. The van der Waals surface area contributed by atoms with Gasteiger partial charge >= 0.3 is 19.5 Å². The third kappa shape index (κ3) is 35.5. The zero-order valence-electron chi connectivity index (χ0n) is 16.7. The van der Waals surface area contributed by atoms with Gasteiger partial charge in [-0.2, -0.15) is 0 Å². The first kappa shape index (κ1) is 29.3. The Labute approximate surface area is 167 Å². The van der Waals surface area contributed by atoms with E-state index in [9.17, 15) is 19.8 Å². The Morgan fingerprint density at radius 3 is 0.760 bits per heavy atom. The Kier molecular flexibility index (Phi) is 30.3. The van der Waals surface area contributed by atoms with E-state index < -0.39 is 11.9 Å². The van der Waals surface area contributed by atoms with Crippen LogP contribution in [-0.4, -0.2) is 11.9 Å². The van der Waals surface area contributed by atoms with Gasteiger partial charge in [0.15, 0.2) is 0 Å².